The maximum absolute atomic E-state index is 13.0. The van der Waals surface area contributed by atoms with Crippen molar-refractivity contribution in [2.45, 2.75) is 18.1 Å². The lowest BCUT2D eigenvalue weighted by molar-refractivity contribution is 0.0971. The molecule has 1 saturated heterocycles. The predicted molar refractivity (Wildman–Crippen MR) is 68.4 cm³/mol. The molecule has 1 aromatic carbocycles. The van der Waals surface area contributed by atoms with Gasteiger partial charge in [0.15, 0.2) is 15.6 Å². The van der Waals surface area contributed by atoms with Crippen LogP contribution in [0, 0.1) is 5.82 Å². The summed E-state index contributed by atoms with van der Waals surface area (Å²) < 4.78 is 42.3. The molecule has 1 aliphatic heterocycles. The first-order chi connectivity index (χ1) is 8.99. The summed E-state index contributed by atoms with van der Waals surface area (Å²) in [6.07, 6.45) is 0.831. The highest BCUT2D eigenvalue weighted by Gasteiger charge is 2.30. The molecule has 0 unspecified atom stereocenters. The molecule has 19 heavy (non-hydrogen) atoms. The molecule has 6 heteroatoms. The smallest absolute Gasteiger partial charge is 0.177 e. The van der Waals surface area contributed by atoms with Gasteiger partial charge < -0.3 is 4.74 Å². The molecule has 0 amide bonds. The Balaban J connectivity index is 2.09. The summed E-state index contributed by atoms with van der Waals surface area (Å²) in [5.41, 5.74) is 0.0932. The minimum atomic E-state index is -3.50. The number of hydrogen-bond acceptors (Lipinski definition) is 4. The third-order valence-electron chi connectivity index (χ3n) is 3.16. The second kappa shape index (κ2) is 5.79. The maximum Gasteiger partial charge on any atom is 0.177 e. The second-order valence-corrected chi connectivity index (χ2v) is 6.83. The lowest BCUT2D eigenvalue weighted by Crippen LogP contribution is -2.33. The molecule has 104 valence electrons. The van der Waals surface area contributed by atoms with Crippen molar-refractivity contribution in [3.63, 3.8) is 0 Å². The van der Waals surface area contributed by atoms with Crippen LogP contribution in [0.4, 0.5) is 4.39 Å². The van der Waals surface area contributed by atoms with E-state index in [1.165, 1.54) is 18.2 Å². The van der Waals surface area contributed by atoms with Gasteiger partial charge in [0.05, 0.1) is 5.25 Å². The Morgan fingerprint density at radius 1 is 1.32 bits per heavy atom. The van der Waals surface area contributed by atoms with Crippen LogP contribution < -0.4 is 0 Å². The number of Topliss-reactive ketones (excluding diaryl/α,β-unsaturated/α-hetero) is 1. The normalized spacial score (nSPS) is 17.3. The highest BCUT2D eigenvalue weighted by molar-refractivity contribution is 7.92. The van der Waals surface area contributed by atoms with Gasteiger partial charge in [-0.15, -0.1) is 0 Å². The average Bonchev–Trinajstić information content (AvgIpc) is 2.39. The molecule has 0 aliphatic carbocycles. The van der Waals surface area contributed by atoms with Crippen molar-refractivity contribution in [3.8, 4) is 0 Å². The fourth-order valence-corrected chi connectivity index (χ4v) is 3.76. The molecule has 1 fully saturated rings. The number of carbonyl (C=O) groups is 1. The first-order valence-corrected chi connectivity index (χ1v) is 7.79. The minimum absolute atomic E-state index is 0.0932. The number of halogens is 1. The monoisotopic (exact) mass is 286 g/mol. The van der Waals surface area contributed by atoms with Gasteiger partial charge in [-0.3, -0.25) is 4.79 Å². The number of carbonyl (C=O) groups excluding carboxylic acids is 1. The summed E-state index contributed by atoms with van der Waals surface area (Å²) in [4.78, 5) is 11.9. The van der Waals surface area contributed by atoms with Crippen LogP contribution in [0.5, 0.6) is 0 Å². The zero-order valence-electron chi connectivity index (χ0n) is 10.3. The molecular weight excluding hydrogens is 271 g/mol. The molecule has 0 atom stereocenters. The Morgan fingerprint density at radius 2 is 2.00 bits per heavy atom. The van der Waals surface area contributed by atoms with E-state index in [1.807, 2.05) is 0 Å². The van der Waals surface area contributed by atoms with E-state index < -0.39 is 32.4 Å². The van der Waals surface area contributed by atoms with E-state index in [9.17, 15) is 17.6 Å². The predicted octanol–water partition coefficient (Wildman–Crippen LogP) is 1.60. The summed E-state index contributed by atoms with van der Waals surface area (Å²) in [5, 5.41) is -0.529. The number of rotatable bonds is 4. The van der Waals surface area contributed by atoms with E-state index in [0.717, 1.165) is 6.07 Å². The Bertz CT molecular complexity index is 562. The number of ether oxygens (including phenoxy) is 1. The quantitative estimate of drug-likeness (QED) is 0.789. The van der Waals surface area contributed by atoms with E-state index in [0.29, 0.717) is 26.1 Å². The Labute approximate surface area is 111 Å². The number of hydrogen-bond donors (Lipinski definition) is 0. The van der Waals surface area contributed by atoms with Crippen LogP contribution in [0.2, 0.25) is 0 Å². The Hall–Kier alpha value is -1.27. The van der Waals surface area contributed by atoms with Crippen LogP contribution in [-0.4, -0.2) is 38.4 Å². The van der Waals surface area contributed by atoms with Crippen LogP contribution in [0.25, 0.3) is 0 Å². The summed E-state index contributed by atoms with van der Waals surface area (Å²) in [6, 6.07) is 5.08. The van der Waals surface area contributed by atoms with Crippen molar-refractivity contribution < 1.29 is 22.3 Å². The van der Waals surface area contributed by atoms with Crippen molar-refractivity contribution in [1.82, 2.24) is 0 Å². The Kier molecular flexibility index (Phi) is 4.31. The summed E-state index contributed by atoms with van der Waals surface area (Å²) in [6.45, 7) is 0.802. The molecule has 1 heterocycles. The molecule has 1 aromatic rings. The topological polar surface area (TPSA) is 60.4 Å². The molecule has 0 N–H and O–H groups in total. The summed E-state index contributed by atoms with van der Waals surface area (Å²) >= 11 is 0. The van der Waals surface area contributed by atoms with E-state index in [1.54, 1.807) is 0 Å². The van der Waals surface area contributed by atoms with E-state index in [-0.39, 0.29) is 5.56 Å². The zero-order chi connectivity index (χ0) is 13.9. The maximum atomic E-state index is 13.0. The largest absolute Gasteiger partial charge is 0.381 e. The summed E-state index contributed by atoms with van der Waals surface area (Å²) in [7, 11) is -3.50. The third-order valence-corrected chi connectivity index (χ3v) is 5.31. The van der Waals surface area contributed by atoms with Crippen LogP contribution in [0.3, 0.4) is 0 Å². The van der Waals surface area contributed by atoms with E-state index in [4.69, 9.17) is 4.74 Å². The third kappa shape index (κ3) is 3.61. The molecule has 0 aromatic heterocycles. The summed E-state index contributed by atoms with van der Waals surface area (Å²) in [5.74, 6) is -1.68. The number of sulfone groups is 1. The fourth-order valence-electron chi connectivity index (χ4n) is 2.08. The first kappa shape index (κ1) is 14.1. The van der Waals surface area contributed by atoms with Gasteiger partial charge in [-0.2, -0.15) is 0 Å². The van der Waals surface area contributed by atoms with Crippen LogP contribution >= 0.6 is 0 Å². The van der Waals surface area contributed by atoms with Crippen molar-refractivity contribution in [2.24, 2.45) is 0 Å². The average molecular weight is 286 g/mol. The molecular formula is C13H15FO4S. The van der Waals surface area contributed by atoms with Crippen molar-refractivity contribution in [3.05, 3.63) is 35.6 Å². The fraction of sp³-hybridized carbons (Fsp3) is 0.462. The molecule has 4 nitrogen and oxygen atoms in total. The number of ketones is 1. The molecule has 0 bridgehead atoms. The number of benzene rings is 1. The van der Waals surface area contributed by atoms with E-state index >= 15 is 0 Å². The molecule has 1 aliphatic rings. The highest BCUT2D eigenvalue weighted by atomic mass is 32.2. The van der Waals surface area contributed by atoms with Gasteiger partial charge in [-0.1, -0.05) is 12.1 Å². The van der Waals surface area contributed by atoms with Crippen LogP contribution in [-0.2, 0) is 14.6 Å². The van der Waals surface area contributed by atoms with Gasteiger partial charge in [0.2, 0.25) is 0 Å². The SMILES string of the molecule is O=C(CS(=O)(=O)C1CCOCC1)c1cccc(F)c1. The highest BCUT2D eigenvalue weighted by Crippen LogP contribution is 2.18. The van der Waals surface area contributed by atoms with Crippen LogP contribution in [0.15, 0.2) is 24.3 Å². The van der Waals surface area contributed by atoms with Crippen molar-refractivity contribution in [1.29, 1.82) is 0 Å². The van der Waals surface area contributed by atoms with Gasteiger partial charge in [-0.25, -0.2) is 12.8 Å². The Morgan fingerprint density at radius 3 is 2.63 bits per heavy atom. The lowest BCUT2D eigenvalue weighted by Gasteiger charge is -2.21. The molecule has 0 spiro atoms. The van der Waals surface area contributed by atoms with Gasteiger partial charge in [0.25, 0.3) is 0 Å². The van der Waals surface area contributed by atoms with Gasteiger partial charge in [0, 0.05) is 18.8 Å². The lowest BCUT2D eigenvalue weighted by atomic mass is 10.1. The first-order valence-electron chi connectivity index (χ1n) is 6.07. The second-order valence-electron chi connectivity index (χ2n) is 4.55. The zero-order valence-corrected chi connectivity index (χ0v) is 11.2. The van der Waals surface area contributed by atoms with E-state index in [2.05, 4.69) is 0 Å². The standard InChI is InChI=1S/C13H15FO4S/c14-11-3-1-2-10(8-11)13(15)9-19(16,17)12-4-6-18-7-5-12/h1-3,8,12H,4-7,9H2. The molecule has 0 saturated carbocycles. The van der Waals surface area contributed by atoms with Gasteiger partial charge in [0.1, 0.15) is 11.6 Å². The molecule has 0 radical (unpaired) electrons. The van der Waals surface area contributed by atoms with Crippen LogP contribution in [0.1, 0.15) is 23.2 Å². The minimum Gasteiger partial charge on any atom is -0.381 e. The van der Waals surface area contributed by atoms with Gasteiger partial charge >= 0.3 is 0 Å². The van der Waals surface area contributed by atoms with Crippen molar-refractivity contribution in [2.75, 3.05) is 19.0 Å². The molecule has 2 rings (SSSR count). The van der Waals surface area contributed by atoms with Gasteiger partial charge in [-0.05, 0) is 25.0 Å². The van der Waals surface area contributed by atoms with Crippen molar-refractivity contribution >= 4 is 15.6 Å².